The molecule has 1 aromatic rings. The van der Waals surface area contributed by atoms with Gasteiger partial charge >= 0.3 is 5.97 Å². The summed E-state index contributed by atoms with van der Waals surface area (Å²) >= 11 is 0. The normalized spacial score (nSPS) is 11.3. The highest BCUT2D eigenvalue weighted by molar-refractivity contribution is 5.76. The number of carboxylic acid groups (broad SMARTS) is 1. The number of carbonyl (C=O) groups is 1. The molecule has 78 valence electrons. The third kappa shape index (κ3) is 3.21. The van der Waals surface area contributed by atoms with Gasteiger partial charge in [0.15, 0.2) is 0 Å². The summed E-state index contributed by atoms with van der Waals surface area (Å²) in [4.78, 5) is 13.2. The first kappa shape index (κ1) is 10.9. The zero-order valence-electron chi connectivity index (χ0n) is 8.08. The van der Waals surface area contributed by atoms with Crippen molar-refractivity contribution < 1.29 is 9.90 Å². The molecule has 0 fully saturated rings. The number of hydrogen-bond acceptors (Lipinski definition) is 3. The predicted molar refractivity (Wildman–Crippen MR) is 56.0 cm³/mol. The van der Waals surface area contributed by atoms with Gasteiger partial charge in [0.05, 0.1) is 0 Å². The van der Waals surface area contributed by atoms with Gasteiger partial charge in [0, 0.05) is 16.3 Å². The van der Waals surface area contributed by atoms with E-state index in [-0.39, 0.29) is 0 Å². The van der Waals surface area contributed by atoms with Crippen molar-refractivity contribution in [3.63, 3.8) is 0 Å². The monoisotopic (exact) mass is 206 g/mol. The highest BCUT2D eigenvalue weighted by atomic mass is 16.4. The fourth-order valence-electron chi connectivity index (χ4n) is 0.988. The van der Waals surface area contributed by atoms with Gasteiger partial charge < -0.3 is 10.4 Å². The number of benzene rings is 1. The van der Waals surface area contributed by atoms with Crippen LogP contribution < -0.4 is 5.32 Å². The Balaban J connectivity index is 2.72. The third-order valence-electron chi connectivity index (χ3n) is 1.78. The number of rotatable bonds is 4. The maximum Gasteiger partial charge on any atom is 0.325 e. The standard InChI is InChI=1S/C9H10N4O2/c1-6(9(14)15)11-7-2-4-8(5-3-7)12-13-10/h2-6,11H,1H3,(H,14,15)/t6-/m0/s1. The molecule has 6 heteroatoms. The average Bonchev–Trinajstić information content (AvgIpc) is 2.21. The van der Waals surface area contributed by atoms with Crippen LogP contribution in [0.4, 0.5) is 11.4 Å². The van der Waals surface area contributed by atoms with Crippen LogP contribution in [0, 0.1) is 0 Å². The molecule has 6 nitrogen and oxygen atoms in total. The van der Waals surface area contributed by atoms with E-state index in [1.165, 1.54) is 0 Å². The lowest BCUT2D eigenvalue weighted by molar-refractivity contribution is -0.137. The predicted octanol–water partition coefficient (Wildman–Crippen LogP) is 2.51. The molecule has 2 N–H and O–H groups in total. The van der Waals surface area contributed by atoms with Gasteiger partial charge in [0.25, 0.3) is 0 Å². The summed E-state index contributed by atoms with van der Waals surface area (Å²) in [5.41, 5.74) is 9.33. The number of carboxylic acids is 1. The zero-order valence-corrected chi connectivity index (χ0v) is 8.08. The van der Waals surface area contributed by atoms with Crippen molar-refractivity contribution >= 4 is 17.3 Å². The largest absolute Gasteiger partial charge is 0.480 e. The second-order valence-electron chi connectivity index (χ2n) is 2.94. The molecule has 1 rings (SSSR count). The molecule has 0 aliphatic heterocycles. The minimum absolute atomic E-state index is 0.492. The van der Waals surface area contributed by atoms with Crippen LogP contribution in [0.1, 0.15) is 6.92 Å². The van der Waals surface area contributed by atoms with E-state index in [1.54, 1.807) is 31.2 Å². The SMILES string of the molecule is C[C@H](Nc1ccc(N=[N+]=[N-])cc1)C(=O)O. The Morgan fingerprint density at radius 3 is 2.60 bits per heavy atom. The number of nitrogens with zero attached hydrogens (tertiary/aromatic N) is 3. The van der Waals surface area contributed by atoms with E-state index in [9.17, 15) is 4.79 Å². The van der Waals surface area contributed by atoms with Gasteiger partial charge in [-0.25, -0.2) is 0 Å². The average molecular weight is 206 g/mol. The number of anilines is 1. The van der Waals surface area contributed by atoms with Gasteiger partial charge in [-0.15, -0.1) is 0 Å². The van der Waals surface area contributed by atoms with Crippen molar-refractivity contribution in [3.05, 3.63) is 34.7 Å². The van der Waals surface area contributed by atoms with Crippen LogP contribution in [-0.2, 0) is 4.79 Å². The smallest absolute Gasteiger partial charge is 0.325 e. The van der Waals surface area contributed by atoms with E-state index < -0.39 is 12.0 Å². The molecule has 0 saturated heterocycles. The highest BCUT2D eigenvalue weighted by Gasteiger charge is 2.09. The molecule has 0 amide bonds. The first-order valence-electron chi connectivity index (χ1n) is 4.28. The summed E-state index contributed by atoms with van der Waals surface area (Å²) in [6.07, 6.45) is 0. The van der Waals surface area contributed by atoms with Crippen LogP contribution in [0.15, 0.2) is 29.4 Å². The fraction of sp³-hybridized carbons (Fsp3) is 0.222. The minimum atomic E-state index is -0.922. The minimum Gasteiger partial charge on any atom is -0.480 e. The van der Waals surface area contributed by atoms with Crippen LogP contribution in [0.25, 0.3) is 10.4 Å². The molecule has 0 heterocycles. The molecule has 0 aliphatic rings. The molecule has 1 aromatic carbocycles. The molecule has 0 bridgehead atoms. The van der Waals surface area contributed by atoms with Crippen molar-refractivity contribution in [2.24, 2.45) is 5.11 Å². The van der Waals surface area contributed by atoms with Gasteiger partial charge in [-0.1, -0.05) is 17.2 Å². The van der Waals surface area contributed by atoms with E-state index >= 15 is 0 Å². The quantitative estimate of drug-likeness (QED) is 0.449. The Labute approximate surface area is 86.2 Å². The van der Waals surface area contributed by atoms with Crippen LogP contribution in [-0.4, -0.2) is 17.1 Å². The van der Waals surface area contributed by atoms with Gasteiger partial charge in [0.2, 0.25) is 0 Å². The van der Waals surface area contributed by atoms with Crippen LogP contribution >= 0.6 is 0 Å². The summed E-state index contributed by atoms with van der Waals surface area (Å²) in [5.74, 6) is -0.922. The second kappa shape index (κ2) is 4.88. The number of hydrogen-bond donors (Lipinski definition) is 2. The van der Waals surface area contributed by atoms with E-state index in [1.807, 2.05) is 0 Å². The Morgan fingerprint density at radius 1 is 1.53 bits per heavy atom. The lowest BCUT2D eigenvalue weighted by atomic mass is 10.2. The summed E-state index contributed by atoms with van der Waals surface area (Å²) in [7, 11) is 0. The van der Waals surface area contributed by atoms with Crippen LogP contribution in [0.3, 0.4) is 0 Å². The molecule has 1 atom stereocenters. The highest BCUT2D eigenvalue weighted by Crippen LogP contribution is 2.16. The first-order valence-corrected chi connectivity index (χ1v) is 4.28. The molecule has 0 spiro atoms. The van der Waals surface area contributed by atoms with E-state index in [4.69, 9.17) is 10.6 Å². The summed E-state index contributed by atoms with van der Waals surface area (Å²) in [6, 6.07) is 5.87. The maximum absolute atomic E-state index is 10.5. The Bertz CT molecular complexity index is 395. The lowest BCUT2D eigenvalue weighted by Gasteiger charge is -2.10. The van der Waals surface area contributed by atoms with Crippen molar-refractivity contribution in [3.8, 4) is 0 Å². The summed E-state index contributed by atoms with van der Waals surface area (Å²) in [5, 5.41) is 14.8. The van der Waals surface area contributed by atoms with Crippen molar-refractivity contribution in [1.29, 1.82) is 0 Å². The Morgan fingerprint density at radius 2 is 2.13 bits per heavy atom. The molecule has 0 aromatic heterocycles. The molecular weight excluding hydrogens is 196 g/mol. The van der Waals surface area contributed by atoms with Gasteiger partial charge in [-0.05, 0) is 24.6 Å². The lowest BCUT2D eigenvalue weighted by Crippen LogP contribution is -2.25. The molecule has 15 heavy (non-hydrogen) atoms. The summed E-state index contributed by atoms with van der Waals surface area (Å²) < 4.78 is 0. The Kier molecular flexibility index (Phi) is 3.54. The Hall–Kier alpha value is -2.20. The van der Waals surface area contributed by atoms with E-state index in [0.29, 0.717) is 11.4 Å². The van der Waals surface area contributed by atoms with Crippen molar-refractivity contribution in [2.45, 2.75) is 13.0 Å². The van der Waals surface area contributed by atoms with Gasteiger partial charge in [0.1, 0.15) is 6.04 Å². The topological polar surface area (TPSA) is 98.1 Å². The third-order valence-corrected chi connectivity index (χ3v) is 1.78. The number of nitrogens with one attached hydrogen (secondary N) is 1. The maximum atomic E-state index is 10.5. The molecule has 0 radical (unpaired) electrons. The van der Waals surface area contributed by atoms with Crippen LogP contribution in [0.5, 0.6) is 0 Å². The molecule has 0 aliphatic carbocycles. The molecule has 0 saturated carbocycles. The van der Waals surface area contributed by atoms with Gasteiger partial charge in [-0.3, -0.25) is 4.79 Å². The van der Waals surface area contributed by atoms with Crippen molar-refractivity contribution in [1.82, 2.24) is 0 Å². The fourth-order valence-corrected chi connectivity index (χ4v) is 0.988. The van der Waals surface area contributed by atoms with E-state index in [2.05, 4.69) is 15.3 Å². The first-order chi connectivity index (χ1) is 7.13. The number of aliphatic carboxylic acids is 1. The van der Waals surface area contributed by atoms with Gasteiger partial charge in [-0.2, -0.15) is 0 Å². The van der Waals surface area contributed by atoms with E-state index in [0.717, 1.165) is 0 Å². The number of azide groups is 1. The second-order valence-corrected chi connectivity index (χ2v) is 2.94. The molecular formula is C9H10N4O2. The van der Waals surface area contributed by atoms with Crippen LogP contribution in [0.2, 0.25) is 0 Å². The zero-order chi connectivity index (χ0) is 11.3. The molecule has 0 unspecified atom stereocenters. The van der Waals surface area contributed by atoms with Crippen molar-refractivity contribution in [2.75, 3.05) is 5.32 Å². The summed E-state index contributed by atoms with van der Waals surface area (Å²) in [6.45, 7) is 1.55.